The first kappa shape index (κ1) is 13.4. The van der Waals surface area contributed by atoms with E-state index in [1.54, 1.807) is 12.1 Å². The minimum absolute atomic E-state index is 0.254. The molecule has 0 fully saturated rings. The number of hydrogen-bond acceptors (Lipinski definition) is 3. The average molecular weight is 284 g/mol. The van der Waals surface area contributed by atoms with E-state index in [1.807, 2.05) is 37.8 Å². The predicted octanol–water partition coefficient (Wildman–Crippen LogP) is 2.13. The molecule has 2 aromatic heterocycles. The van der Waals surface area contributed by atoms with Gasteiger partial charge in [-0.2, -0.15) is 5.10 Å². The highest BCUT2D eigenvalue weighted by molar-refractivity contribution is 5.92. The lowest BCUT2D eigenvalue weighted by Gasteiger charge is -2.06. The molecular formula is C15H16N4O2. The van der Waals surface area contributed by atoms with Crippen molar-refractivity contribution in [3.63, 3.8) is 0 Å². The van der Waals surface area contributed by atoms with Gasteiger partial charge in [-0.25, -0.2) is 9.78 Å². The largest absolute Gasteiger partial charge is 0.478 e. The number of fused-ring (bicyclic) bond motifs is 1. The van der Waals surface area contributed by atoms with Crippen LogP contribution in [-0.2, 0) is 13.6 Å². The van der Waals surface area contributed by atoms with Crippen molar-refractivity contribution >= 4 is 17.0 Å². The molecule has 0 amide bonds. The molecule has 108 valence electrons. The van der Waals surface area contributed by atoms with Crippen molar-refractivity contribution in [2.45, 2.75) is 20.4 Å². The number of rotatable bonds is 3. The van der Waals surface area contributed by atoms with Crippen LogP contribution in [0, 0.1) is 13.8 Å². The molecule has 0 saturated carbocycles. The van der Waals surface area contributed by atoms with Gasteiger partial charge in [0.2, 0.25) is 0 Å². The van der Waals surface area contributed by atoms with Crippen LogP contribution in [0.2, 0.25) is 0 Å². The van der Waals surface area contributed by atoms with Gasteiger partial charge in [0, 0.05) is 18.3 Å². The maximum absolute atomic E-state index is 11.0. The van der Waals surface area contributed by atoms with E-state index in [0.29, 0.717) is 12.1 Å². The minimum Gasteiger partial charge on any atom is -0.478 e. The second-order valence-electron chi connectivity index (χ2n) is 5.13. The van der Waals surface area contributed by atoms with E-state index in [9.17, 15) is 4.79 Å². The molecule has 1 aromatic carbocycles. The number of aromatic nitrogens is 4. The number of carbonyl (C=O) groups is 1. The highest BCUT2D eigenvalue weighted by atomic mass is 16.4. The summed E-state index contributed by atoms with van der Waals surface area (Å²) in [5.74, 6) is -0.0806. The summed E-state index contributed by atoms with van der Waals surface area (Å²) in [6.07, 6.45) is 1.85. The van der Waals surface area contributed by atoms with Gasteiger partial charge in [0.25, 0.3) is 0 Å². The van der Waals surface area contributed by atoms with Crippen molar-refractivity contribution in [3.05, 3.63) is 47.0 Å². The lowest BCUT2D eigenvalue weighted by molar-refractivity contribution is 0.0697. The van der Waals surface area contributed by atoms with Gasteiger partial charge in [-0.05, 0) is 32.0 Å². The Bertz CT molecular complexity index is 845. The molecule has 0 spiro atoms. The van der Waals surface area contributed by atoms with E-state index < -0.39 is 5.97 Å². The molecule has 0 radical (unpaired) electrons. The summed E-state index contributed by atoms with van der Waals surface area (Å²) in [6.45, 7) is 4.62. The molecule has 0 unspecified atom stereocenters. The van der Waals surface area contributed by atoms with Crippen LogP contribution in [0.1, 0.15) is 27.4 Å². The van der Waals surface area contributed by atoms with Gasteiger partial charge in [-0.1, -0.05) is 0 Å². The van der Waals surface area contributed by atoms with Crippen LogP contribution in [0.15, 0.2) is 24.4 Å². The van der Waals surface area contributed by atoms with Gasteiger partial charge in [0.1, 0.15) is 5.82 Å². The van der Waals surface area contributed by atoms with Crippen molar-refractivity contribution < 1.29 is 9.90 Å². The quantitative estimate of drug-likeness (QED) is 0.799. The summed E-state index contributed by atoms with van der Waals surface area (Å²) in [7, 11) is 1.91. The van der Waals surface area contributed by atoms with Gasteiger partial charge in [-0.3, -0.25) is 4.68 Å². The van der Waals surface area contributed by atoms with Gasteiger partial charge in [0.15, 0.2) is 0 Å². The smallest absolute Gasteiger partial charge is 0.335 e. The summed E-state index contributed by atoms with van der Waals surface area (Å²) in [6, 6.07) is 5.03. The van der Waals surface area contributed by atoms with Gasteiger partial charge >= 0.3 is 5.97 Å². The van der Waals surface area contributed by atoms with Crippen molar-refractivity contribution in [2.24, 2.45) is 7.05 Å². The van der Waals surface area contributed by atoms with Crippen LogP contribution in [0.3, 0.4) is 0 Å². The number of imidazole rings is 1. The normalized spacial score (nSPS) is 11.2. The Labute approximate surface area is 121 Å². The molecular weight excluding hydrogens is 268 g/mol. The molecule has 6 nitrogen and oxygen atoms in total. The number of aryl methyl sites for hydroxylation is 2. The number of nitrogens with zero attached hydrogens (tertiary/aromatic N) is 4. The number of aromatic carboxylic acids is 1. The van der Waals surface area contributed by atoms with Crippen molar-refractivity contribution in [1.82, 2.24) is 19.3 Å². The van der Waals surface area contributed by atoms with Crippen molar-refractivity contribution in [2.75, 3.05) is 0 Å². The molecule has 0 aliphatic carbocycles. The third-order valence-electron chi connectivity index (χ3n) is 3.85. The van der Waals surface area contributed by atoms with Crippen LogP contribution in [0.5, 0.6) is 0 Å². The Hall–Kier alpha value is -2.63. The zero-order valence-electron chi connectivity index (χ0n) is 12.2. The van der Waals surface area contributed by atoms with Crippen molar-refractivity contribution in [3.8, 4) is 0 Å². The number of hydrogen-bond donors (Lipinski definition) is 1. The number of carboxylic acid groups (broad SMARTS) is 1. The molecule has 1 N–H and O–H groups in total. The molecule has 0 aliphatic rings. The molecule has 0 aliphatic heterocycles. The molecule has 3 rings (SSSR count). The van der Waals surface area contributed by atoms with Gasteiger partial charge in [0.05, 0.1) is 29.3 Å². The van der Waals surface area contributed by atoms with E-state index in [0.717, 1.165) is 22.6 Å². The monoisotopic (exact) mass is 284 g/mol. The highest BCUT2D eigenvalue weighted by Crippen LogP contribution is 2.20. The van der Waals surface area contributed by atoms with E-state index in [4.69, 9.17) is 5.11 Å². The zero-order chi connectivity index (χ0) is 15.1. The van der Waals surface area contributed by atoms with Crippen LogP contribution in [-0.4, -0.2) is 30.4 Å². The Balaban J connectivity index is 2.08. The summed E-state index contributed by atoms with van der Waals surface area (Å²) in [5.41, 5.74) is 4.13. The summed E-state index contributed by atoms with van der Waals surface area (Å²) < 4.78 is 3.91. The van der Waals surface area contributed by atoms with E-state index in [2.05, 4.69) is 14.6 Å². The van der Waals surface area contributed by atoms with E-state index in [1.165, 1.54) is 0 Å². The summed E-state index contributed by atoms with van der Waals surface area (Å²) >= 11 is 0. The SMILES string of the molecule is Cc1c(Cn2c(C)nc3cc(C(=O)O)ccc32)cnn1C. The molecule has 0 saturated heterocycles. The fourth-order valence-corrected chi connectivity index (χ4v) is 2.45. The van der Waals surface area contributed by atoms with E-state index in [-0.39, 0.29) is 5.56 Å². The Morgan fingerprint density at radius 3 is 2.71 bits per heavy atom. The first-order valence-electron chi connectivity index (χ1n) is 6.65. The minimum atomic E-state index is -0.938. The third kappa shape index (κ3) is 2.18. The Kier molecular flexibility index (Phi) is 3.01. The highest BCUT2D eigenvalue weighted by Gasteiger charge is 2.13. The molecule has 21 heavy (non-hydrogen) atoms. The fourth-order valence-electron chi connectivity index (χ4n) is 2.45. The number of carboxylic acids is 1. The molecule has 2 heterocycles. The summed E-state index contributed by atoms with van der Waals surface area (Å²) in [5, 5.41) is 13.3. The fraction of sp³-hybridized carbons (Fsp3) is 0.267. The lowest BCUT2D eigenvalue weighted by atomic mass is 10.2. The van der Waals surface area contributed by atoms with Gasteiger partial charge < -0.3 is 9.67 Å². The molecule has 6 heteroatoms. The molecule has 3 aromatic rings. The first-order chi connectivity index (χ1) is 9.97. The first-order valence-corrected chi connectivity index (χ1v) is 6.65. The maximum Gasteiger partial charge on any atom is 0.335 e. The Morgan fingerprint density at radius 2 is 2.10 bits per heavy atom. The standard InChI is InChI=1S/C15H16N4O2/c1-9-12(7-16-18(9)3)8-19-10(2)17-13-6-11(15(20)21)4-5-14(13)19/h4-7H,8H2,1-3H3,(H,20,21). The van der Waals surface area contributed by atoms with E-state index >= 15 is 0 Å². The second kappa shape index (κ2) is 4.73. The third-order valence-corrected chi connectivity index (χ3v) is 3.85. The lowest BCUT2D eigenvalue weighted by Crippen LogP contribution is -2.03. The zero-order valence-corrected chi connectivity index (χ0v) is 12.2. The maximum atomic E-state index is 11.0. The van der Waals surface area contributed by atoms with Crippen molar-refractivity contribution in [1.29, 1.82) is 0 Å². The van der Waals surface area contributed by atoms with Crippen LogP contribution < -0.4 is 0 Å². The van der Waals surface area contributed by atoms with Crippen LogP contribution >= 0.6 is 0 Å². The topological polar surface area (TPSA) is 72.9 Å². The Morgan fingerprint density at radius 1 is 1.33 bits per heavy atom. The van der Waals surface area contributed by atoms with Crippen LogP contribution in [0.25, 0.3) is 11.0 Å². The predicted molar refractivity (Wildman–Crippen MR) is 78.5 cm³/mol. The molecule has 0 atom stereocenters. The van der Waals surface area contributed by atoms with Crippen LogP contribution in [0.4, 0.5) is 0 Å². The summed E-state index contributed by atoms with van der Waals surface area (Å²) in [4.78, 5) is 15.5. The second-order valence-corrected chi connectivity index (χ2v) is 5.13. The number of benzene rings is 1. The van der Waals surface area contributed by atoms with Gasteiger partial charge in [-0.15, -0.1) is 0 Å². The molecule has 0 bridgehead atoms. The average Bonchev–Trinajstić information content (AvgIpc) is 2.92.